The van der Waals surface area contributed by atoms with Crippen LogP contribution >= 0.6 is 0 Å². The monoisotopic (exact) mass is 293 g/mol. The molecule has 2 aliphatic rings. The Labute approximate surface area is 123 Å². The molecule has 5 heteroatoms. The van der Waals surface area contributed by atoms with E-state index in [-0.39, 0.29) is 36.7 Å². The van der Waals surface area contributed by atoms with E-state index in [1.807, 2.05) is 4.90 Å². The summed E-state index contributed by atoms with van der Waals surface area (Å²) >= 11 is 0. The van der Waals surface area contributed by atoms with Crippen LogP contribution in [0.2, 0.25) is 0 Å². The number of aliphatic hydroxyl groups is 1. The molecular weight excluding hydrogens is 273 g/mol. The van der Waals surface area contributed by atoms with Crippen LogP contribution in [-0.4, -0.2) is 41.7 Å². The summed E-state index contributed by atoms with van der Waals surface area (Å²) in [5.41, 5.74) is 0. The summed E-state index contributed by atoms with van der Waals surface area (Å²) in [6.45, 7) is 1.55. The van der Waals surface area contributed by atoms with Gasteiger partial charge in [0.05, 0.1) is 19.1 Å². The molecule has 1 saturated carbocycles. The first-order valence-electron chi connectivity index (χ1n) is 7.48. The molecule has 4 nitrogen and oxygen atoms in total. The Kier molecular flexibility index (Phi) is 4.10. The van der Waals surface area contributed by atoms with Crippen LogP contribution in [0.15, 0.2) is 24.3 Å². The standard InChI is InChI=1S/C16H20FNO3/c17-13-3-1-2-4-15(13)21-8-7-16(20)18-9-11-5-6-14(19)12(11)10-18/h1-4,11-12,14,19H,5-10H2. The Morgan fingerprint density at radius 2 is 2.14 bits per heavy atom. The summed E-state index contributed by atoms with van der Waals surface area (Å²) in [4.78, 5) is 13.9. The molecule has 1 aromatic carbocycles. The molecule has 1 N–H and O–H groups in total. The molecule has 0 radical (unpaired) electrons. The SMILES string of the molecule is O=C(CCOc1ccccc1F)N1CC2CCC(O)C2C1. The normalized spacial score (nSPS) is 27.7. The highest BCUT2D eigenvalue weighted by Gasteiger charge is 2.43. The van der Waals surface area contributed by atoms with E-state index >= 15 is 0 Å². The van der Waals surface area contributed by atoms with E-state index in [0.29, 0.717) is 12.5 Å². The molecule has 3 rings (SSSR count). The van der Waals surface area contributed by atoms with E-state index in [1.54, 1.807) is 18.2 Å². The molecule has 1 aliphatic carbocycles. The van der Waals surface area contributed by atoms with Crippen LogP contribution in [0.5, 0.6) is 5.75 Å². The topological polar surface area (TPSA) is 49.8 Å². The Bertz CT molecular complexity index is 522. The van der Waals surface area contributed by atoms with E-state index in [4.69, 9.17) is 4.74 Å². The molecule has 1 amide bonds. The van der Waals surface area contributed by atoms with Gasteiger partial charge in [0.25, 0.3) is 0 Å². The van der Waals surface area contributed by atoms with Crippen molar-refractivity contribution in [1.82, 2.24) is 4.90 Å². The van der Waals surface area contributed by atoms with E-state index in [9.17, 15) is 14.3 Å². The largest absolute Gasteiger partial charge is 0.490 e. The Balaban J connectivity index is 1.46. The molecule has 1 saturated heterocycles. The van der Waals surface area contributed by atoms with Crippen LogP contribution in [0.25, 0.3) is 0 Å². The number of hydrogen-bond donors (Lipinski definition) is 1. The molecule has 114 valence electrons. The minimum Gasteiger partial charge on any atom is -0.490 e. The second-order valence-corrected chi connectivity index (χ2v) is 5.90. The van der Waals surface area contributed by atoms with Crippen molar-refractivity contribution in [3.05, 3.63) is 30.1 Å². The molecule has 3 atom stereocenters. The third kappa shape index (κ3) is 3.02. The third-order valence-corrected chi connectivity index (χ3v) is 4.58. The lowest BCUT2D eigenvalue weighted by molar-refractivity contribution is -0.131. The zero-order valence-corrected chi connectivity index (χ0v) is 11.9. The second kappa shape index (κ2) is 6.02. The number of likely N-dealkylation sites (tertiary alicyclic amines) is 1. The van der Waals surface area contributed by atoms with Gasteiger partial charge in [-0.3, -0.25) is 4.79 Å². The first-order valence-corrected chi connectivity index (χ1v) is 7.48. The zero-order valence-electron chi connectivity index (χ0n) is 11.9. The van der Waals surface area contributed by atoms with Gasteiger partial charge in [-0.25, -0.2) is 4.39 Å². The number of carbonyl (C=O) groups is 1. The summed E-state index contributed by atoms with van der Waals surface area (Å²) < 4.78 is 18.7. The fourth-order valence-corrected chi connectivity index (χ4v) is 3.41. The maximum Gasteiger partial charge on any atom is 0.226 e. The van der Waals surface area contributed by atoms with Crippen LogP contribution in [0.1, 0.15) is 19.3 Å². The Morgan fingerprint density at radius 1 is 1.33 bits per heavy atom. The minimum absolute atomic E-state index is 0.0212. The van der Waals surface area contributed by atoms with Crippen molar-refractivity contribution >= 4 is 5.91 Å². The summed E-state index contributed by atoms with van der Waals surface area (Å²) in [6, 6.07) is 6.18. The van der Waals surface area contributed by atoms with E-state index in [0.717, 1.165) is 19.4 Å². The average Bonchev–Trinajstić information content (AvgIpc) is 3.04. The quantitative estimate of drug-likeness (QED) is 0.921. The van der Waals surface area contributed by atoms with E-state index in [2.05, 4.69) is 0 Å². The molecule has 0 spiro atoms. The molecule has 1 aliphatic heterocycles. The van der Waals surface area contributed by atoms with Gasteiger partial charge < -0.3 is 14.7 Å². The number of rotatable bonds is 4. The number of carbonyl (C=O) groups excluding carboxylic acids is 1. The van der Waals surface area contributed by atoms with Crippen LogP contribution in [0.4, 0.5) is 4.39 Å². The van der Waals surface area contributed by atoms with Crippen LogP contribution in [-0.2, 0) is 4.79 Å². The maximum absolute atomic E-state index is 13.4. The lowest BCUT2D eigenvalue weighted by Gasteiger charge is -2.18. The van der Waals surface area contributed by atoms with Gasteiger partial charge in [0.2, 0.25) is 5.91 Å². The van der Waals surface area contributed by atoms with Crippen molar-refractivity contribution < 1.29 is 19.0 Å². The third-order valence-electron chi connectivity index (χ3n) is 4.58. The number of hydrogen-bond acceptors (Lipinski definition) is 3. The fourth-order valence-electron chi connectivity index (χ4n) is 3.41. The van der Waals surface area contributed by atoms with Gasteiger partial charge in [0.1, 0.15) is 0 Å². The maximum atomic E-state index is 13.4. The molecule has 21 heavy (non-hydrogen) atoms. The van der Waals surface area contributed by atoms with E-state index in [1.165, 1.54) is 6.07 Å². The molecule has 2 fully saturated rings. The number of aliphatic hydroxyl groups excluding tert-OH is 1. The highest BCUT2D eigenvalue weighted by Crippen LogP contribution is 2.38. The zero-order chi connectivity index (χ0) is 14.8. The molecular formula is C16H20FNO3. The molecule has 0 aromatic heterocycles. The number of benzene rings is 1. The first-order chi connectivity index (χ1) is 10.1. The summed E-state index contributed by atoms with van der Waals surface area (Å²) in [7, 11) is 0. The number of para-hydroxylation sites is 1. The highest BCUT2D eigenvalue weighted by molar-refractivity contribution is 5.76. The molecule has 3 unspecified atom stereocenters. The van der Waals surface area contributed by atoms with E-state index < -0.39 is 5.82 Å². The number of fused-ring (bicyclic) bond motifs is 1. The second-order valence-electron chi connectivity index (χ2n) is 5.90. The number of ether oxygens (including phenoxy) is 1. The lowest BCUT2D eigenvalue weighted by Crippen LogP contribution is -2.31. The highest BCUT2D eigenvalue weighted by atomic mass is 19.1. The van der Waals surface area contributed by atoms with Crippen LogP contribution < -0.4 is 4.74 Å². The number of amides is 1. The molecule has 1 heterocycles. The van der Waals surface area contributed by atoms with Crippen LogP contribution in [0.3, 0.4) is 0 Å². The first kappa shape index (κ1) is 14.3. The lowest BCUT2D eigenvalue weighted by atomic mass is 10.00. The van der Waals surface area contributed by atoms with Crippen molar-refractivity contribution in [2.24, 2.45) is 11.8 Å². The van der Waals surface area contributed by atoms with Gasteiger partial charge in [-0.15, -0.1) is 0 Å². The van der Waals surface area contributed by atoms with Gasteiger partial charge in [-0.1, -0.05) is 12.1 Å². The van der Waals surface area contributed by atoms with Crippen molar-refractivity contribution in [2.45, 2.75) is 25.4 Å². The Hall–Kier alpha value is -1.62. The van der Waals surface area contributed by atoms with Gasteiger partial charge in [0.15, 0.2) is 11.6 Å². The fraction of sp³-hybridized carbons (Fsp3) is 0.562. The summed E-state index contributed by atoms with van der Waals surface area (Å²) in [5, 5.41) is 9.85. The van der Waals surface area contributed by atoms with Crippen molar-refractivity contribution in [3.63, 3.8) is 0 Å². The number of halogens is 1. The van der Waals surface area contributed by atoms with Crippen molar-refractivity contribution in [3.8, 4) is 5.75 Å². The van der Waals surface area contributed by atoms with Gasteiger partial charge >= 0.3 is 0 Å². The Morgan fingerprint density at radius 3 is 2.90 bits per heavy atom. The summed E-state index contributed by atoms with van der Waals surface area (Å²) in [6.07, 6.45) is 1.83. The molecule has 1 aromatic rings. The van der Waals surface area contributed by atoms with Gasteiger partial charge in [0, 0.05) is 19.0 Å². The number of nitrogens with zero attached hydrogens (tertiary/aromatic N) is 1. The summed E-state index contributed by atoms with van der Waals surface area (Å²) in [5.74, 6) is 0.466. The minimum atomic E-state index is -0.413. The predicted octanol–water partition coefficient (Wildman–Crippen LogP) is 1.82. The van der Waals surface area contributed by atoms with Crippen molar-refractivity contribution in [2.75, 3.05) is 19.7 Å². The van der Waals surface area contributed by atoms with Crippen LogP contribution in [0, 0.1) is 17.7 Å². The molecule has 0 bridgehead atoms. The predicted molar refractivity (Wildman–Crippen MR) is 75.3 cm³/mol. The smallest absolute Gasteiger partial charge is 0.226 e. The average molecular weight is 293 g/mol. The van der Waals surface area contributed by atoms with Gasteiger partial charge in [-0.2, -0.15) is 0 Å². The van der Waals surface area contributed by atoms with Gasteiger partial charge in [-0.05, 0) is 30.9 Å². The van der Waals surface area contributed by atoms with Crippen molar-refractivity contribution in [1.29, 1.82) is 0 Å².